The number of methoxy groups -OCH3 is 1. The molecule has 1 atom stereocenters. The van der Waals surface area contributed by atoms with Crippen molar-refractivity contribution in [3.8, 4) is 5.75 Å². The van der Waals surface area contributed by atoms with Crippen LogP contribution in [0.4, 0.5) is 5.69 Å². The normalized spacial score (nSPS) is 12.1. The van der Waals surface area contributed by atoms with E-state index in [-0.39, 0.29) is 23.4 Å². The van der Waals surface area contributed by atoms with Crippen LogP contribution in [-0.2, 0) is 26.2 Å². The van der Waals surface area contributed by atoms with Crippen LogP contribution in [0.15, 0.2) is 83.8 Å². The first kappa shape index (κ1) is 29.7. The van der Waals surface area contributed by atoms with Crippen molar-refractivity contribution in [1.82, 2.24) is 10.2 Å². The Hall–Kier alpha value is -3.85. The second-order valence-corrected chi connectivity index (χ2v) is 11.5. The van der Waals surface area contributed by atoms with Gasteiger partial charge in [-0.05, 0) is 69.2 Å². The van der Waals surface area contributed by atoms with Gasteiger partial charge in [0.25, 0.3) is 10.0 Å². The molecule has 3 rings (SSSR count). The summed E-state index contributed by atoms with van der Waals surface area (Å²) in [4.78, 5) is 28.7. The maximum Gasteiger partial charge on any atom is 0.264 e. The number of amides is 2. The van der Waals surface area contributed by atoms with Gasteiger partial charge in [0.1, 0.15) is 18.3 Å². The highest BCUT2D eigenvalue weighted by atomic mass is 32.2. The van der Waals surface area contributed by atoms with Gasteiger partial charge >= 0.3 is 0 Å². The zero-order valence-electron chi connectivity index (χ0n) is 23.1. The van der Waals surface area contributed by atoms with Crippen LogP contribution < -0.4 is 14.4 Å². The van der Waals surface area contributed by atoms with E-state index in [0.29, 0.717) is 17.9 Å². The second kappa shape index (κ2) is 13.3. The molecule has 0 saturated heterocycles. The Balaban J connectivity index is 2.05. The molecule has 0 aliphatic heterocycles. The van der Waals surface area contributed by atoms with Gasteiger partial charge in [-0.1, -0.05) is 55.0 Å². The summed E-state index contributed by atoms with van der Waals surface area (Å²) in [7, 11) is -2.53. The summed E-state index contributed by atoms with van der Waals surface area (Å²) in [5.41, 5.74) is 2.07. The molecule has 0 aromatic heterocycles. The average molecular weight is 552 g/mol. The number of nitrogens with one attached hydrogen (secondary N) is 1. The molecule has 0 spiro atoms. The lowest BCUT2D eigenvalue weighted by Gasteiger charge is -2.33. The summed E-state index contributed by atoms with van der Waals surface area (Å²) in [6, 6.07) is 21.3. The van der Waals surface area contributed by atoms with Crippen LogP contribution in [0.3, 0.4) is 0 Å². The lowest BCUT2D eigenvalue weighted by molar-refractivity contribution is -0.140. The lowest BCUT2D eigenvalue weighted by atomic mass is 10.1. The number of ether oxygens (including phenoxy) is 1. The Morgan fingerprint density at radius 1 is 0.949 bits per heavy atom. The number of hydrogen-bond donors (Lipinski definition) is 1. The number of carbonyl (C=O) groups excluding carboxylic acids is 2. The third-order valence-corrected chi connectivity index (χ3v) is 8.02. The van der Waals surface area contributed by atoms with Gasteiger partial charge in [-0.25, -0.2) is 8.42 Å². The van der Waals surface area contributed by atoms with E-state index >= 15 is 0 Å². The molecule has 0 fully saturated rings. The van der Waals surface area contributed by atoms with E-state index in [4.69, 9.17) is 4.74 Å². The number of hydrogen-bond acceptors (Lipinski definition) is 5. The quantitative estimate of drug-likeness (QED) is 0.357. The molecule has 3 aromatic rings. The predicted octanol–water partition coefficient (Wildman–Crippen LogP) is 4.53. The summed E-state index contributed by atoms with van der Waals surface area (Å²) in [6.45, 7) is 7.06. The Morgan fingerprint density at radius 2 is 1.62 bits per heavy atom. The Labute approximate surface area is 231 Å². The van der Waals surface area contributed by atoms with Gasteiger partial charge in [-0.2, -0.15) is 0 Å². The number of carbonyl (C=O) groups is 2. The first-order valence-electron chi connectivity index (χ1n) is 12.9. The summed E-state index contributed by atoms with van der Waals surface area (Å²) in [5, 5.41) is 2.90. The van der Waals surface area contributed by atoms with Gasteiger partial charge in [0.15, 0.2) is 0 Å². The number of sulfonamides is 1. The Bertz CT molecular complexity index is 1360. The van der Waals surface area contributed by atoms with Crippen LogP contribution in [0.25, 0.3) is 0 Å². The fourth-order valence-corrected chi connectivity index (χ4v) is 5.66. The zero-order valence-corrected chi connectivity index (χ0v) is 23.9. The molecule has 0 aliphatic carbocycles. The Morgan fingerprint density at radius 3 is 2.21 bits per heavy atom. The van der Waals surface area contributed by atoms with Crippen molar-refractivity contribution in [3.05, 3.63) is 90.0 Å². The molecular weight excluding hydrogens is 514 g/mol. The van der Waals surface area contributed by atoms with Gasteiger partial charge in [0.2, 0.25) is 11.8 Å². The van der Waals surface area contributed by atoms with E-state index in [1.54, 1.807) is 61.7 Å². The van der Waals surface area contributed by atoms with Gasteiger partial charge in [0.05, 0.1) is 17.7 Å². The topological polar surface area (TPSA) is 96.0 Å². The third-order valence-electron chi connectivity index (χ3n) is 6.24. The highest BCUT2D eigenvalue weighted by Gasteiger charge is 2.33. The molecule has 1 N–H and O–H groups in total. The summed E-state index contributed by atoms with van der Waals surface area (Å²) < 4.78 is 34.0. The van der Waals surface area contributed by atoms with Crippen molar-refractivity contribution in [2.24, 2.45) is 0 Å². The van der Waals surface area contributed by atoms with Crippen molar-refractivity contribution < 1.29 is 22.7 Å². The maximum atomic E-state index is 14.0. The molecule has 0 bridgehead atoms. The van der Waals surface area contributed by atoms with Crippen molar-refractivity contribution >= 4 is 27.5 Å². The van der Waals surface area contributed by atoms with Gasteiger partial charge in [-0.15, -0.1) is 0 Å². The number of anilines is 1. The number of rotatable bonds is 12. The molecule has 0 aliphatic rings. The van der Waals surface area contributed by atoms with Crippen LogP contribution in [0.2, 0.25) is 0 Å². The van der Waals surface area contributed by atoms with Crippen molar-refractivity contribution in [2.75, 3.05) is 18.0 Å². The van der Waals surface area contributed by atoms with E-state index < -0.39 is 28.5 Å². The minimum Gasteiger partial charge on any atom is -0.497 e. The molecule has 3 aromatic carbocycles. The third kappa shape index (κ3) is 7.60. The molecular formula is C30H37N3O5S. The number of nitrogens with zero attached hydrogens (tertiary/aromatic N) is 2. The Kier molecular flexibility index (Phi) is 10.1. The highest BCUT2D eigenvalue weighted by molar-refractivity contribution is 7.92. The minimum atomic E-state index is -4.09. The molecule has 0 radical (unpaired) electrons. The van der Waals surface area contributed by atoms with Gasteiger partial charge < -0.3 is 15.0 Å². The molecule has 8 nitrogen and oxygen atoms in total. The van der Waals surface area contributed by atoms with Crippen molar-refractivity contribution in [3.63, 3.8) is 0 Å². The SMILES string of the molecule is CCC(C(=O)NC(C)C)N(Cc1cccc(OC)c1)C(=O)CN(c1ccc(C)cc1)S(=O)(=O)c1ccccc1. The van der Waals surface area contributed by atoms with Crippen LogP contribution in [0, 0.1) is 6.92 Å². The van der Waals surface area contributed by atoms with Crippen LogP contribution >= 0.6 is 0 Å². The maximum absolute atomic E-state index is 14.0. The summed E-state index contributed by atoms with van der Waals surface area (Å²) >= 11 is 0. The molecule has 39 heavy (non-hydrogen) atoms. The minimum absolute atomic E-state index is 0.0716. The summed E-state index contributed by atoms with van der Waals surface area (Å²) in [5.74, 6) is -0.173. The predicted molar refractivity (Wildman–Crippen MR) is 153 cm³/mol. The van der Waals surface area contributed by atoms with Gasteiger partial charge in [-0.3, -0.25) is 13.9 Å². The molecule has 2 amide bonds. The van der Waals surface area contributed by atoms with Crippen LogP contribution in [-0.4, -0.2) is 50.9 Å². The molecule has 0 heterocycles. The first-order valence-corrected chi connectivity index (χ1v) is 14.4. The summed E-state index contributed by atoms with van der Waals surface area (Å²) in [6.07, 6.45) is 0.351. The smallest absolute Gasteiger partial charge is 0.264 e. The van der Waals surface area contributed by atoms with E-state index in [2.05, 4.69) is 5.32 Å². The average Bonchev–Trinajstić information content (AvgIpc) is 2.92. The van der Waals surface area contributed by atoms with E-state index in [9.17, 15) is 18.0 Å². The standard InChI is InChI=1S/C30H37N3O5S/c1-6-28(30(35)31-22(2)3)32(20-24-11-10-12-26(19-24)38-5)29(34)21-33(25-17-15-23(4)16-18-25)39(36,37)27-13-8-7-9-14-27/h7-19,22,28H,6,20-21H2,1-5H3,(H,31,35). The van der Waals surface area contributed by atoms with Gasteiger partial charge in [0, 0.05) is 12.6 Å². The van der Waals surface area contributed by atoms with Crippen LogP contribution in [0.5, 0.6) is 5.75 Å². The molecule has 1 unspecified atom stereocenters. The molecule has 0 saturated carbocycles. The fraction of sp³-hybridized carbons (Fsp3) is 0.333. The first-order chi connectivity index (χ1) is 18.6. The largest absolute Gasteiger partial charge is 0.497 e. The fourth-order valence-electron chi connectivity index (χ4n) is 4.23. The zero-order chi connectivity index (χ0) is 28.6. The monoisotopic (exact) mass is 551 g/mol. The van der Waals surface area contributed by atoms with Crippen molar-refractivity contribution in [1.29, 1.82) is 0 Å². The molecule has 208 valence electrons. The van der Waals surface area contributed by atoms with E-state index in [1.807, 2.05) is 39.8 Å². The highest BCUT2D eigenvalue weighted by Crippen LogP contribution is 2.25. The van der Waals surface area contributed by atoms with Crippen LogP contribution in [0.1, 0.15) is 38.3 Å². The number of aryl methyl sites for hydroxylation is 1. The van der Waals surface area contributed by atoms with E-state index in [1.165, 1.54) is 17.0 Å². The lowest BCUT2D eigenvalue weighted by Crippen LogP contribution is -2.53. The number of benzene rings is 3. The molecule has 9 heteroatoms. The van der Waals surface area contributed by atoms with E-state index in [0.717, 1.165) is 15.4 Å². The van der Waals surface area contributed by atoms with Crippen molar-refractivity contribution in [2.45, 2.75) is 57.6 Å². The second-order valence-electron chi connectivity index (χ2n) is 9.62.